The molecule has 1 rings (SSSR count). The van der Waals surface area contributed by atoms with Gasteiger partial charge >= 0.3 is 5.97 Å². The van der Waals surface area contributed by atoms with Gasteiger partial charge in [0.1, 0.15) is 11.7 Å². The van der Waals surface area contributed by atoms with Crippen LogP contribution < -0.4 is 11.1 Å². The second kappa shape index (κ2) is 9.05. The lowest BCUT2D eigenvalue weighted by Crippen LogP contribution is -2.49. The Bertz CT molecular complexity index is 542. The van der Waals surface area contributed by atoms with Crippen LogP contribution in [0.25, 0.3) is 0 Å². The van der Waals surface area contributed by atoms with Gasteiger partial charge < -0.3 is 20.7 Å². The van der Waals surface area contributed by atoms with Gasteiger partial charge in [0.05, 0.1) is 13.5 Å². The van der Waals surface area contributed by atoms with Gasteiger partial charge in [-0.25, -0.2) is 0 Å². The van der Waals surface area contributed by atoms with Crippen molar-refractivity contribution in [2.24, 2.45) is 11.7 Å². The molecule has 0 aliphatic carbocycles. The molecule has 1 aliphatic rings. The van der Waals surface area contributed by atoms with Crippen molar-refractivity contribution >= 4 is 23.7 Å². The van der Waals surface area contributed by atoms with Crippen molar-refractivity contribution in [1.29, 1.82) is 0 Å². The predicted octanol–water partition coefficient (Wildman–Crippen LogP) is 0.0720. The molecule has 0 saturated carbocycles. The van der Waals surface area contributed by atoms with E-state index in [1.165, 1.54) is 12.0 Å². The summed E-state index contributed by atoms with van der Waals surface area (Å²) in [6.07, 6.45) is 2.68. The van der Waals surface area contributed by atoms with E-state index >= 15 is 0 Å². The van der Waals surface area contributed by atoms with Gasteiger partial charge in [-0.2, -0.15) is 0 Å². The van der Waals surface area contributed by atoms with Crippen LogP contribution in [0.2, 0.25) is 0 Å². The van der Waals surface area contributed by atoms with Crippen LogP contribution in [-0.4, -0.2) is 48.3 Å². The van der Waals surface area contributed by atoms with Crippen molar-refractivity contribution in [3.63, 3.8) is 0 Å². The summed E-state index contributed by atoms with van der Waals surface area (Å²) in [5.41, 5.74) is 5.34. The first-order valence-corrected chi connectivity index (χ1v) is 7.93. The molecule has 134 valence electrons. The molecule has 0 saturated heterocycles. The number of nitrogens with zero attached hydrogens (tertiary/aromatic N) is 1. The summed E-state index contributed by atoms with van der Waals surface area (Å²) in [5, 5.41) is 2.56. The molecule has 3 N–H and O–H groups in total. The number of methoxy groups -OCH3 is 1. The molecule has 8 heteroatoms. The topological polar surface area (TPSA) is 119 Å². The Morgan fingerprint density at radius 3 is 2.54 bits per heavy atom. The fourth-order valence-electron chi connectivity index (χ4n) is 2.35. The standard InChI is InChI=1S/C16H25N3O5/c1-10(2)6-7-13(20)18-11(9-14(21)24-3)16(23)19-8-4-5-12(19)15(17)22/h5,10-11H,4,6-9H2,1-3H3,(H2,17,22)(H,18,20). The number of ether oxygens (including phenoxy) is 1. The van der Waals surface area contributed by atoms with Crippen LogP contribution in [0, 0.1) is 5.92 Å². The van der Waals surface area contributed by atoms with Gasteiger partial charge in [0.2, 0.25) is 11.8 Å². The Morgan fingerprint density at radius 1 is 1.33 bits per heavy atom. The van der Waals surface area contributed by atoms with Crippen LogP contribution in [0.4, 0.5) is 0 Å². The molecule has 1 heterocycles. The van der Waals surface area contributed by atoms with Gasteiger partial charge in [0, 0.05) is 13.0 Å². The van der Waals surface area contributed by atoms with Gasteiger partial charge in [-0.15, -0.1) is 0 Å². The molecule has 1 aliphatic heterocycles. The maximum atomic E-state index is 12.6. The molecule has 1 atom stereocenters. The highest BCUT2D eigenvalue weighted by atomic mass is 16.5. The zero-order valence-corrected chi connectivity index (χ0v) is 14.3. The molecule has 0 aromatic heterocycles. The molecular weight excluding hydrogens is 314 g/mol. The highest BCUT2D eigenvalue weighted by molar-refractivity contribution is 6.00. The number of carbonyl (C=O) groups excluding carboxylic acids is 4. The molecule has 0 bridgehead atoms. The number of esters is 1. The van der Waals surface area contributed by atoms with Crippen molar-refractivity contribution in [3.8, 4) is 0 Å². The summed E-state index contributed by atoms with van der Waals surface area (Å²) in [4.78, 5) is 48.8. The highest BCUT2D eigenvalue weighted by Gasteiger charge is 2.33. The van der Waals surface area contributed by atoms with Crippen molar-refractivity contribution in [2.45, 2.75) is 45.6 Å². The molecule has 0 aromatic carbocycles. The number of carbonyl (C=O) groups is 4. The zero-order valence-electron chi connectivity index (χ0n) is 14.3. The van der Waals surface area contributed by atoms with E-state index in [0.717, 1.165) is 0 Å². The second-order valence-corrected chi connectivity index (χ2v) is 6.07. The minimum Gasteiger partial charge on any atom is -0.469 e. The van der Waals surface area contributed by atoms with Crippen LogP contribution in [0.5, 0.6) is 0 Å². The molecule has 24 heavy (non-hydrogen) atoms. The fourth-order valence-corrected chi connectivity index (χ4v) is 2.35. The molecular formula is C16H25N3O5. The van der Waals surface area contributed by atoms with Crippen molar-refractivity contribution in [3.05, 3.63) is 11.8 Å². The third-order valence-electron chi connectivity index (χ3n) is 3.68. The summed E-state index contributed by atoms with van der Waals surface area (Å²) in [7, 11) is 1.20. The quantitative estimate of drug-likeness (QED) is 0.607. The first-order valence-electron chi connectivity index (χ1n) is 7.93. The summed E-state index contributed by atoms with van der Waals surface area (Å²) in [6.45, 7) is 4.26. The molecule has 1 unspecified atom stereocenters. The van der Waals surface area contributed by atoms with E-state index in [4.69, 9.17) is 5.73 Å². The number of nitrogens with one attached hydrogen (secondary N) is 1. The maximum Gasteiger partial charge on any atom is 0.308 e. The summed E-state index contributed by atoms with van der Waals surface area (Å²) in [5.74, 6) is -1.87. The highest BCUT2D eigenvalue weighted by Crippen LogP contribution is 2.17. The van der Waals surface area contributed by atoms with Crippen LogP contribution in [0.15, 0.2) is 11.8 Å². The molecule has 8 nitrogen and oxygen atoms in total. The Hall–Kier alpha value is -2.38. The number of amides is 3. The maximum absolute atomic E-state index is 12.6. The van der Waals surface area contributed by atoms with Crippen molar-refractivity contribution < 1.29 is 23.9 Å². The Balaban J connectivity index is 2.83. The molecule has 0 radical (unpaired) electrons. The van der Waals surface area contributed by atoms with Crippen LogP contribution in [0.1, 0.15) is 39.5 Å². The van der Waals surface area contributed by atoms with Gasteiger partial charge in [-0.1, -0.05) is 19.9 Å². The predicted molar refractivity (Wildman–Crippen MR) is 86.2 cm³/mol. The zero-order chi connectivity index (χ0) is 18.3. The van der Waals surface area contributed by atoms with Gasteiger partial charge in [-0.3, -0.25) is 19.2 Å². The van der Waals surface area contributed by atoms with Crippen molar-refractivity contribution in [1.82, 2.24) is 10.2 Å². The van der Waals surface area contributed by atoms with E-state index in [0.29, 0.717) is 18.8 Å². The number of hydrogen-bond acceptors (Lipinski definition) is 5. The third kappa shape index (κ3) is 5.68. The number of primary amides is 1. The molecule has 3 amide bonds. The van der Waals surface area contributed by atoms with E-state index in [-0.39, 0.29) is 31.0 Å². The number of hydrogen-bond donors (Lipinski definition) is 2. The summed E-state index contributed by atoms with van der Waals surface area (Å²) in [6, 6.07) is -1.09. The minimum atomic E-state index is -1.09. The molecule has 0 spiro atoms. The SMILES string of the molecule is COC(=O)CC(NC(=O)CCC(C)C)C(=O)N1CCC=C1C(N)=O. The van der Waals surface area contributed by atoms with Gasteiger partial charge in [0.25, 0.3) is 5.91 Å². The van der Waals surface area contributed by atoms with E-state index in [1.54, 1.807) is 6.08 Å². The van der Waals surface area contributed by atoms with Gasteiger partial charge in [0.15, 0.2) is 0 Å². The van der Waals surface area contributed by atoms with Gasteiger partial charge in [-0.05, 0) is 18.8 Å². The largest absolute Gasteiger partial charge is 0.469 e. The Morgan fingerprint density at radius 2 is 2.00 bits per heavy atom. The molecule has 0 fully saturated rings. The fraction of sp³-hybridized carbons (Fsp3) is 0.625. The minimum absolute atomic E-state index is 0.0892. The smallest absolute Gasteiger partial charge is 0.308 e. The van der Waals surface area contributed by atoms with E-state index < -0.39 is 23.8 Å². The summed E-state index contributed by atoms with van der Waals surface area (Å²) < 4.78 is 4.58. The number of nitrogens with two attached hydrogens (primary N) is 1. The lowest BCUT2D eigenvalue weighted by atomic mass is 10.1. The average Bonchev–Trinajstić information content (AvgIpc) is 3.01. The van der Waals surface area contributed by atoms with Crippen molar-refractivity contribution in [2.75, 3.05) is 13.7 Å². The Labute approximate surface area is 141 Å². The third-order valence-corrected chi connectivity index (χ3v) is 3.68. The second-order valence-electron chi connectivity index (χ2n) is 6.07. The monoisotopic (exact) mass is 339 g/mol. The lowest BCUT2D eigenvalue weighted by molar-refractivity contribution is -0.145. The summed E-state index contributed by atoms with van der Waals surface area (Å²) >= 11 is 0. The Kier molecular flexibility index (Phi) is 7.41. The van der Waals surface area contributed by atoms with Crippen LogP contribution in [0.3, 0.4) is 0 Å². The van der Waals surface area contributed by atoms with Crippen LogP contribution >= 0.6 is 0 Å². The van der Waals surface area contributed by atoms with E-state index in [2.05, 4.69) is 10.1 Å². The van der Waals surface area contributed by atoms with Crippen LogP contribution in [-0.2, 0) is 23.9 Å². The average molecular weight is 339 g/mol. The molecule has 0 aromatic rings. The normalized spacial score (nSPS) is 15.0. The first-order chi connectivity index (χ1) is 11.3. The van der Waals surface area contributed by atoms with E-state index in [1.807, 2.05) is 13.8 Å². The van der Waals surface area contributed by atoms with E-state index in [9.17, 15) is 19.2 Å². The first kappa shape index (κ1) is 19.7. The lowest BCUT2D eigenvalue weighted by Gasteiger charge is -2.25. The number of rotatable bonds is 8.